The lowest BCUT2D eigenvalue weighted by Crippen LogP contribution is -2.29. The molecule has 0 amide bonds. The van der Waals surface area contributed by atoms with Crippen LogP contribution >= 0.6 is 11.8 Å². The third-order valence-electron chi connectivity index (χ3n) is 3.27. The zero-order valence-electron chi connectivity index (χ0n) is 13.5. The standard InChI is InChI=1S/C14H27N3O2S2/c1-6-17-10-14(7-13(17)9-15-11(2)3)21(18,19)16-8-12(4)20-5/h7,10-12,15-16H,6,8-9H2,1-5H3. The van der Waals surface area contributed by atoms with Crippen LogP contribution < -0.4 is 10.0 Å². The van der Waals surface area contributed by atoms with Gasteiger partial charge < -0.3 is 9.88 Å². The molecule has 0 aliphatic rings. The Labute approximate surface area is 132 Å². The normalized spacial score (nSPS) is 13.8. The molecule has 0 saturated heterocycles. The van der Waals surface area contributed by atoms with E-state index < -0.39 is 10.0 Å². The molecule has 0 saturated carbocycles. The second kappa shape index (κ2) is 8.22. The minimum Gasteiger partial charge on any atom is -0.349 e. The number of thioether (sulfide) groups is 1. The topological polar surface area (TPSA) is 63.1 Å². The smallest absolute Gasteiger partial charge is 0.242 e. The number of sulfonamides is 1. The van der Waals surface area contributed by atoms with Crippen LogP contribution in [0, 0.1) is 0 Å². The van der Waals surface area contributed by atoms with Crippen molar-refractivity contribution in [2.75, 3.05) is 12.8 Å². The molecule has 1 aromatic rings. The molecule has 0 radical (unpaired) electrons. The van der Waals surface area contributed by atoms with Crippen LogP contribution in [0.25, 0.3) is 0 Å². The van der Waals surface area contributed by atoms with Crippen LogP contribution in [0.4, 0.5) is 0 Å². The fraction of sp³-hybridized carbons (Fsp3) is 0.714. The molecular weight excluding hydrogens is 306 g/mol. The third-order valence-corrected chi connectivity index (χ3v) is 5.63. The Morgan fingerprint density at radius 1 is 1.33 bits per heavy atom. The van der Waals surface area contributed by atoms with Crippen molar-refractivity contribution in [2.45, 2.75) is 57.0 Å². The highest BCUT2D eigenvalue weighted by atomic mass is 32.2. The zero-order chi connectivity index (χ0) is 16.0. The summed E-state index contributed by atoms with van der Waals surface area (Å²) < 4.78 is 29.3. The van der Waals surface area contributed by atoms with Crippen LogP contribution in [0.3, 0.4) is 0 Å². The Hall–Kier alpha value is -0.500. The minimum absolute atomic E-state index is 0.259. The molecule has 1 rings (SSSR count). The van der Waals surface area contributed by atoms with Gasteiger partial charge in [-0.2, -0.15) is 11.8 Å². The molecular formula is C14H27N3O2S2. The van der Waals surface area contributed by atoms with Gasteiger partial charge in [0.1, 0.15) is 0 Å². The van der Waals surface area contributed by atoms with Crippen molar-refractivity contribution in [3.63, 3.8) is 0 Å². The molecule has 0 fully saturated rings. The molecule has 0 aromatic carbocycles. The number of nitrogens with zero attached hydrogens (tertiary/aromatic N) is 1. The summed E-state index contributed by atoms with van der Waals surface area (Å²) in [7, 11) is -3.43. The van der Waals surface area contributed by atoms with E-state index in [1.165, 1.54) is 0 Å². The molecule has 21 heavy (non-hydrogen) atoms. The van der Waals surface area contributed by atoms with Gasteiger partial charge in [0.15, 0.2) is 0 Å². The summed E-state index contributed by atoms with van der Waals surface area (Å²) in [6.07, 6.45) is 3.69. The summed E-state index contributed by atoms with van der Waals surface area (Å²) in [5.74, 6) is 0. The van der Waals surface area contributed by atoms with Crippen LogP contribution in [-0.2, 0) is 23.1 Å². The van der Waals surface area contributed by atoms with E-state index in [1.54, 1.807) is 24.0 Å². The van der Waals surface area contributed by atoms with Gasteiger partial charge >= 0.3 is 0 Å². The average Bonchev–Trinajstić information content (AvgIpc) is 2.86. The van der Waals surface area contributed by atoms with Crippen molar-refractivity contribution in [1.29, 1.82) is 0 Å². The summed E-state index contributed by atoms with van der Waals surface area (Å²) in [4.78, 5) is 0.346. The highest BCUT2D eigenvalue weighted by Crippen LogP contribution is 2.15. The molecule has 5 nitrogen and oxygen atoms in total. The van der Waals surface area contributed by atoms with Gasteiger partial charge in [0.25, 0.3) is 0 Å². The summed E-state index contributed by atoms with van der Waals surface area (Å²) in [5, 5.41) is 3.58. The molecule has 1 atom stereocenters. The van der Waals surface area contributed by atoms with Crippen molar-refractivity contribution >= 4 is 21.8 Å². The number of nitrogens with one attached hydrogen (secondary N) is 2. The molecule has 1 unspecified atom stereocenters. The van der Waals surface area contributed by atoms with E-state index in [1.807, 2.05) is 24.7 Å². The van der Waals surface area contributed by atoms with Crippen LogP contribution in [-0.4, -0.2) is 37.1 Å². The van der Waals surface area contributed by atoms with Gasteiger partial charge in [-0.25, -0.2) is 13.1 Å². The SMILES string of the molecule is CCn1cc(S(=O)(=O)NCC(C)SC)cc1CNC(C)C. The Morgan fingerprint density at radius 2 is 2.00 bits per heavy atom. The first-order valence-corrected chi connectivity index (χ1v) is 10.0. The summed E-state index contributed by atoms with van der Waals surface area (Å²) in [6.45, 7) is 10.0. The Morgan fingerprint density at radius 3 is 2.52 bits per heavy atom. The summed E-state index contributed by atoms with van der Waals surface area (Å²) in [6, 6.07) is 2.12. The molecule has 0 spiro atoms. The largest absolute Gasteiger partial charge is 0.349 e. The molecule has 0 aliphatic carbocycles. The molecule has 1 heterocycles. The highest BCUT2D eigenvalue weighted by molar-refractivity contribution is 7.99. The van der Waals surface area contributed by atoms with Gasteiger partial charge in [0.2, 0.25) is 10.0 Å². The van der Waals surface area contributed by atoms with E-state index >= 15 is 0 Å². The quantitative estimate of drug-likeness (QED) is 0.726. The lowest BCUT2D eigenvalue weighted by molar-refractivity contribution is 0.561. The lowest BCUT2D eigenvalue weighted by Gasteiger charge is -2.09. The van der Waals surface area contributed by atoms with Crippen LogP contribution in [0.1, 0.15) is 33.4 Å². The number of aryl methyl sites for hydroxylation is 1. The Balaban J connectivity index is 2.87. The van der Waals surface area contributed by atoms with E-state index in [-0.39, 0.29) is 5.25 Å². The predicted molar refractivity (Wildman–Crippen MR) is 90.2 cm³/mol. The maximum atomic E-state index is 12.3. The third kappa shape index (κ3) is 5.65. The second-order valence-electron chi connectivity index (χ2n) is 5.39. The van der Waals surface area contributed by atoms with Crippen LogP contribution in [0.5, 0.6) is 0 Å². The summed E-state index contributed by atoms with van der Waals surface area (Å²) in [5.41, 5.74) is 0.990. The lowest BCUT2D eigenvalue weighted by atomic mass is 10.3. The van der Waals surface area contributed by atoms with Crippen LogP contribution in [0.15, 0.2) is 17.2 Å². The van der Waals surface area contributed by atoms with E-state index in [2.05, 4.69) is 23.9 Å². The van der Waals surface area contributed by atoms with E-state index in [0.29, 0.717) is 24.0 Å². The maximum Gasteiger partial charge on any atom is 0.242 e. The first-order valence-electron chi connectivity index (χ1n) is 7.25. The zero-order valence-corrected chi connectivity index (χ0v) is 15.1. The van der Waals surface area contributed by atoms with E-state index in [9.17, 15) is 8.42 Å². The molecule has 122 valence electrons. The molecule has 1 aromatic heterocycles. The number of rotatable bonds is 9. The highest BCUT2D eigenvalue weighted by Gasteiger charge is 2.18. The fourth-order valence-electron chi connectivity index (χ4n) is 1.82. The number of hydrogen-bond acceptors (Lipinski definition) is 4. The first-order chi connectivity index (χ1) is 9.80. The van der Waals surface area contributed by atoms with Gasteiger partial charge in [0.05, 0.1) is 4.90 Å². The van der Waals surface area contributed by atoms with Crippen molar-refractivity contribution in [1.82, 2.24) is 14.6 Å². The molecule has 0 bridgehead atoms. The number of aromatic nitrogens is 1. The van der Waals surface area contributed by atoms with Gasteiger partial charge in [-0.05, 0) is 19.2 Å². The fourth-order valence-corrected chi connectivity index (χ4v) is 3.37. The van der Waals surface area contributed by atoms with Crippen molar-refractivity contribution in [3.8, 4) is 0 Å². The van der Waals surface area contributed by atoms with Gasteiger partial charge in [-0.15, -0.1) is 0 Å². The van der Waals surface area contributed by atoms with Crippen LogP contribution in [0.2, 0.25) is 0 Å². The Kier molecular flexibility index (Phi) is 7.26. The monoisotopic (exact) mass is 333 g/mol. The Bertz CT molecular complexity index is 538. The first kappa shape index (κ1) is 18.5. The molecule has 7 heteroatoms. The van der Waals surface area contributed by atoms with Crippen molar-refractivity contribution in [3.05, 3.63) is 18.0 Å². The average molecular weight is 334 g/mol. The van der Waals surface area contributed by atoms with Crippen molar-refractivity contribution in [2.24, 2.45) is 0 Å². The van der Waals surface area contributed by atoms with E-state index in [0.717, 1.165) is 12.2 Å². The van der Waals surface area contributed by atoms with Gasteiger partial charge in [-0.1, -0.05) is 20.8 Å². The minimum atomic E-state index is -3.43. The van der Waals surface area contributed by atoms with E-state index in [4.69, 9.17) is 0 Å². The molecule has 0 aliphatic heterocycles. The van der Waals surface area contributed by atoms with Crippen molar-refractivity contribution < 1.29 is 8.42 Å². The maximum absolute atomic E-state index is 12.3. The van der Waals surface area contributed by atoms with Gasteiger partial charge in [0, 0.05) is 42.8 Å². The molecule has 2 N–H and O–H groups in total. The number of hydrogen-bond donors (Lipinski definition) is 2. The second-order valence-corrected chi connectivity index (χ2v) is 8.43. The summed E-state index contributed by atoms with van der Waals surface area (Å²) >= 11 is 1.64. The predicted octanol–water partition coefficient (Wildman–Crippen LogP) is 2.04. The van der Waals surface area contributed by atoms with Gasteiger partial charge in [-0.3, -0.25) is 0 Å².